The van der Waals surface area contributed by atoms with Crippen LogP contribution in [0, 0.1) is 23.7 Å². The first-order valence-electron chi connectivity index (χ1n) is 13.7. The lowest BCUT2D eigenvalue weighted by atomic mass is 9.88. The fourth-order valence-corrected chi connectivity index (χ4v) is 5.15. The highest BCUT2D eigenvalue weighted by molar-refractivity contribution is 5.82. The molecule has 2 rings (SSSR count). The third-order valence-electron chi connectivity index (χ3n) is 7.09. The number of fused-ring (bicyclic) bond motifs is 2. The zero-order valence-electron chi connectivity index (χ0n) is 23.9. The van der Waals surface area contributed by atoms with E-state index in [1.165, 1.54) is 0 Å². The number of rotatable bonds is 18. The van der Waals surface area contributed by atoms with Gasteiger partial charge >= 0.3 is 36.1 Å². The van der Waals surface area contributed by atoms with E-state index in [1.807, 2.05) is 0 Å². The Morgan fingerprint density at radius 3 is 1.42 bits per heavy atom. The summed E-state index contributed by atoms with van der Waals surface area (Å²) in [5.41, 5.74) is 0. The number of amides is 2. The van der Waals surface area contributed by atoms with E-state index in [0.29, 0.717) is 19.0 Å². The predicted molar refractivity (Wildman–Crippen MR) is 149 cm³/mol. The largest absolute Gasteiger partial charge is 0.458 e. The van der Waals surface area contributed by atoms with E-state index in [2.05, 4.69) is 36.9 Å². The van der Waals surface area contributed by atoms with Gasteiger partial charge in [-0.05, 0) is 42.9 Å². The fourth-order valence-electron chi connectivity index (χ4n) is 5.15. The predicted octanol–water partition coefficient (Wildman–Crippen LogP) is 1.76. The van der Waals surface area contributed by atoms with Crippen LogP contribution in [0.15, 0.2) is 50.6 Å². The molecule has 0 heterocycles. The molecule has 14 nitrogen and oxygen atoms in total. The molecule has 0 aliphatic heterocycles. The van der Waals surface area contributed by atoms with Crippen molar-refractivity contribution in [2.24, 2.45) is 23.7 Å². The van der Waals surface area contributed by atoms with Crippen LogP contribution in [0.3, 0.4) is 0 Å². The Kier molecular flexibility index (Phi) is 14.5. The Balaban J connectivity index is 1.83. The maximum atomic E-state index is 12.5. The van der Waals surface area contributed by atoms with Crippen LogP contribution in [-0.2, 0) is 47.6 Å². The van der Waals surface area contributed by atoms with Crippen molar-refractivity contribution in [3.63, 3.8) is 0 Å². The number of carbonyl (C=O) groups is 6. The van der Waals surface area contributed by atoms with Crippen LogP contribution in [0.2, 0.25) is 0 Å². The summed E-state index contributed by atoms with van der Waals surface area (Å²) in [6.45, 7) is 12.5. The highest BCUT2D eigenvalue weighted by Crippen LogP contribution is 2.52. The van der Waals surface area contributed by atoms with Gasteiger partial charge in [-0.15, -0.1) is 0 Å². The molecule has 0 aromatic heterocycles. The minimum atomic E-state index is -1.04. The van der Waals surface area contributed by atoms with E-state index in [0.717, 1.165) is 43.6 Å². The minimum Gasteiger partial charge on any atom is -0.458 e. The molecule has 2 aliphatic rings. The maximum Gasteiger partial charge on any atom is 0.407 e. The summed E-state index contributed by atoms with van der Waals surface area (Å²) in [6.07, 6.45) is 2.93. The summed E-state index contributed by atoms with van der Waals surface area (Å²) < 4.78 is 30.2. The van der Waals surface area contributed by atoms with Crippen molar-refractivity contribution >= 4 is 36.1 Å². The zero-order valence-corrected chi connectivity index (χ0v) is 23.9. The van der Waals surface area contributed by atoms with Gasteiger partial charge in [0.05, 0.1) is 0 Å². The number of hydrogen-bond acceptors (Lipinski definition) is 12. The highest BCUT2D eigenvalue weighted by atomic mass is 16.6. The van der Waals surface area contributed by atoms with E-state index < -0.39 is 48.3 Å². The molecule has 0 spiro atoms. The molecule has 0 radical (unpaired) electrons. The second-order valence-electron chi connectivity index (χ2n) is 9.81. The lowest BCUT2D eigenvalue weighted by Gasteiger charge is -2.24. The van der Waals surface area contributed by atoms with E-state index in [9.17, 15) is 28.8 Å². The third kappa shape index (κ3) is 12.0. The first-order chi connectivity index (χ1) is 20.6. The van der Waals surface area contributed by atoms with Crippen LogP contribution in [0.25, 0.3) is 0 Å². The maximum absolute atomic E-state index is 12.5. The van der Waals surface area contributed by atoms with Gasteiger partial charge in [-0.2, -0.15) is 0 Å². The molecule has 4 unspecified atom stereocenters. The normalized spacial score (nSPS) is 19.9. The molecule has 2 N–H and O–H groups in total. The van der Waals surface area contributed by atoms with Crippen molar-refractivity contribution in [1.29, 1.82) is 0 Å². The lowest BCUT2D eigenvalue weighted by molar-refractivity contribution is -0.147. The summed E-state index contributed by atoms with van der Waals surface area (Å²) in [6, 6.07) is 0. The van der Waals surface area contributed by atoms with Crippen molar-refractivity contribution in [2.45, 2.75) is 31.5 Å². The fraction of sp³-hybridized carbons (Fsp3) is 0.517. The Morgan fingerprint density at radius 1 is 0.628 bits per heavy atom. The number of ether oxygens (including phenoxy) is 6. The monoisotopic (exact) mass is 606 g/mol. The number of carbonyl (C=O) groups excluding carboxylic acids is 6. The number of alkyl carbamates (subject to hydrolysis) is 2. The summed E-state index contributed by atoms with van der Waals surface area (Å²) in [5.74, 6) is -2.06. The van der Waals surface area contributed by atoms with E-state index in [4.69, 9.17) is 28.4 Å². The standard InChI is InChI=1S/C29H38N2O12/c1-5-24(32)38-14-20(15-39-25(33)6-2)42-28(36)30-12-19-11-18-9-10-22(19)23(18)13-31-29(37)43-21(16-40-26(34)7-3)17-41-27(35)8-4/h5-8,18-23H,1-4,9-17H2,(H,30,36)(H,31,37). The van der Waals surface area contributed by atoms with Crippen LogP contribution in [-0.4, -0.2) is 87.8 Å². The molecule has 2 fully saturated rings. The molecule has 2 bridgehead atoms. The number of nitrogens with one attached hydrogen (secondary N) is 2. The molecule has 236 valence electrons. The second-order valence-corrected chi connectivity index (χ2v) is 9.81. The van der Waals surface area contributed by atoms with Crippen molar-refractivity contribution in [3.05, 3.63) is 50.6 Å². The zero-order chi connectivity index (χ0) is 31.8. The van der Waals surface area contributed by atoms with Gasteiger partial charge < -0.3 is 39.1 Å². The van der Waals surface area contributed by atoms with Gasteiger partial charge in [-0.3, -0.25) is 0 Å². The molecular formula is C29H38N2O12. The molecule has 2 aliphatic carbocycles. The Morgan fingerprint density at radius 2 is 1.02 bits per heavy atom. The molecule has 14 heteroatoms. The van der Waals surface area contributed by atoms with Gasteiger partial charge in [-0.25, -0.2) is 28.8 Å². The SMILES string of the molecule is C=CC(=O)OCC(COC(=O)C=C)OC(=O)NCC1CC2CCC1C2CNC(=O)OC(COC(=O)C=C)COC(=O)C=C. The number of esters is 4. The van der Waals surface area contributed by atoms with Crippen LogP contribution in [0.5, 0.6) is 0 Å². The Hall–Kier alpha value is -4.62. The number of hydrogen-bond donors (Lipinski definition) is 2. The molecule has 2 saturated carbocycles. The summed E-state index contributed by atoms with van der Waals surface area (Å²) in [4.78, 5) is 70.5. The Labute approximate surface area is 249 Å². The van der Waals surface area contributed by atoms with Crippen molar-refractivity contribution in [3.8, 4) is 0 Å². The molecule has 43 heavy (non-hydrogen) atoms. The molecule has 2 amide bonds. The molecule has 0 aromatic carbocycles. The topological polar surface area (TPSA) is 182 Å². The van der Waals surface area contributed by atoms with Gasteiger partial charge in [0.15, 0.2) is 12.2 Å². The van der Waals surface area contributed by atoms with E-state index in [-0.39, 0.29) is 44.2 Å². The molecule has 0 saturated heterocycles. The van der Waals surface area contributed by atoms with Crippen molar-refractivity contribution < 1.29 is 57.2 Å². The third-order valence-corrected chi connectivity index (χ3v) is 7.09. The second kappa shape index (κ2) is 18.0. The van der Waals surface area contributed by atoms with Crippen molar-refractivity contribution in [2.75, 3.05) is 39.5 Å². The summed E-state index contributed by atoms with van der Waals surface area (Å²) in [7, 11) is 0. The average molecular weight is 607 g/mol. The highest BCUT2D eigenvalue weighted by Gasteiger charge is 2.47. The van der Waals surface area contributed by atoms with E-state index >= 15 is 0 Å². The smallest absolute Gasteiger partial charge is 0.407 e. The van der Waals surface area contributed by atoms with Crippen molar-refractivity contribution in [1.82, 2.24) is 10.6 Å². The lowest BCUT2D eigenvalue weighted by Crippen LogP contribution is -2.39. The van der Waals surface area contributed by atoms with E-state index in [1.54, 1.807) is 0 Å². The van der Waals surface area contributed by atoms with Gasteiger partial charge in [-0.1, -0.05) is 26.3 Å². The van der Waals surface area contributed by atoms with Crippen LogP contribution >= 0.6 is 0 Å². The van der Waals surface area contributed by atoms with Gasteiger partial charge in [0.2, 0.25) is 0 Å². The molecule has 0 aromatic rings. The van der Waals surface area contributed by atoms with Gasteiger partial charge in [0, 0.05) is 37.4 Å². The van der Waals surface area contributed by atoms with Gasteiger partial charge in [0.25, 0.3) is 0 Å². The average Bonchev–Trinajstić information content (AvgIpc) is 3.57. The first kappa shape index (κ1) is 34.6. The van der Waals surface area contributed by atoms with Crippen LogP contribution in [0.1, 0.15) is 19.3 Å². The van der Waals surface area contributed by atoms with Crippen LogP contribution in [0.4, 0.5) is 9.59 Å². The quantitative estimate of drug-likeness (QED) is 0.131. The summed E-state index contributed by atoms with van der Waals surface area (Å²) >= 11 is 0. The Bertz CT molecular complexity index is 1030. The first-order valence-corrected chi connectivity index (χ1v) is 13.7. The van der Waals surface area contributed by atoms with Crippen LogP contribution < -0.4 is 10.6 Å². The van der Waals surface area contributed by atoms with Gasteiger partial charge in [0.1, 0.15) is 26.4 Å². The summed E-state index contributed by atoms with van der Waals surface area (Å²) in [5, 5.41) is 5.45. The minimum absolute atomic E-state index is 0.133. The molecule has 4 atom stereocenters. The molecular weight excluding hydrogens is 568 g/mol.